The summed E-state index contributed by atoms with van der Waals surface area (Å²) in [5.41, 5.74) is 7.40. The molecule has 0 saturated heterocycles. The molecule has 2 heteroatoms. The number of benzene rings is 2. The van der Waals surface area contributed by atoms with E-state index in [1.54, 1.807) is 0 Å². The lowest BCUT2D eigenvalue weighted by Gasteiger charge is -2.09. The van der Waals surface area contributed by atoms with Gasteiger partial charge in [-0.1, -0.05) is 53.1 Å². The van der Waals surface area contributed by atoms with Gasteiger partial charge < -0.3 is 0 Å². The van der Waals surface area contributed by atoms with E-state index < -0.39 is 0 Å². The van der Waals surface area contributed by atoms with Gasteiger partial charge in [-0.05, 0) is 50.0 Å². The van der Waals surface area contributed by atoms with Crippen molar-refractivity contribution in [1.29, 1.82) is 0 Å². The van der Waals surface area contributed by atoms with E-state index in [1.807, 2.05) is 6.08 Å². The lowest BCUT2D eigenvalue weighted by atomic mass is 9.96. The van der Waals surface area contributed by atoms with Gasteiger partial charge in [0.25, 0.3) is 0 Å². The molecule has 0 atom stereocenters. The number of rotatable bonds is 4. The van der Waals surface area contributed by atoms with Gasteiger partial charge in [0.15, 0.2) is 0 Å². The quantitative estimate of drug-likeness (QED) is 0.597. The Bertz CT molecular complexity index is 702. The maximum atomic E-state index is 10.2. The summed E-state index contributed by atoms with van der Waals surface area (Å²) in [7, 11) is 0. The molecule has 106 valence electrons. The number of aliphatic imine (C=N–C) groups is 1. The first-order valence-electron chi connectivity index (χ1n) is 6.99. The topological polar surface area (TPSA) is 29.4 Å². The van der Waals surface area contributed by atoms with E-state index >= 15 is 0 Å². The standard InChI is InChI=1S/C19H19NO/c1-14-4-5-18(6-7-20-13-21)19(11-14)12-17-9-15(2)8-16(3)10-17/h4-11H,12H2,1-3H3/b7-6-. The largest absolute Gasteiger partial charge is 0.239 e. The first-order chi connectivity index (χ1) is 10.1. The molecule has 0 heterocycles. The summed E-state index contributed by atoms with van der Waals surface area (Å²) in [5, 5.41) is 0. The molecule has 2 nitrogen and oxygen atoms in total. The van der Waals surface area contributed by atoms with Crippen molar-refractivity contribution < 1.29 is 4.79 Å². The second kappa shape index (κ2) is 6.83. The molecule has 0 fully saturated rings. The molecule has 0 radical (unpaired) electrons. The Morgan fingerprint density at radius 3 is 2.38 bits per heavy atom. The van der Waals surface area contributed by atoms with Crippen molar-refractivity contribution in [2.45, 2.75) is 27.2 Å². The molecule has 21 heavy (non-hydrogen) atoms. The third-order valence-electron chi connectivity index (χ3n) is 3.36. The summed E-state index contributed by atoms with van der Waals surface area (Å²) in [6.07, 6.45) is 5.73. The van der Waals surface area contributed by atoms with Crippen molar-refractivity contribution in [3.05, 3.63) is 76.0 Å². The Morgan fingerprint density at radius 1 is 1.00 bits per heavy atom. The lowest BCUT2D eigenvalue weighted by Crippen LogP contribution is -1.94. The molecular weight excluding hydrogens is 258 g/mol. The molecule has 0 bridgehead atoms. The molecule has 0 aliphatic heterocycles. The van der Waals surface area contributed by atoms with Crippen LogP contribution < -0.4 is 0 Å². The average molecular weight is 277 g/mol. The minimum absolute atomic E-state index is 0.870. The number of hydrogen-bond donors (Lipinski definition) is 0. The van der Waals surface area contributed by atoms with Gasteiger partial charge in [-0.15, -0.1) is 0 Å². The highest BCUT2D eigenvalue weighted by Crippen LogP contribution is 2.19. The molecule has 2 rings (SSSR count). The molecule has 0 amide bonds. The highest BCUT2D eigenvalue weighted by atomic mass is 16.1. The van der Waals surface area contributed by atoms with Crippen LogP contribution in [0.2, 0.25) is 0 Å². The second-order valence-corrected chi connectivity index (χ2v) is 5.41. The molecule has 0 unspecified atom stereocenters. The summed E-state index contributed by atoms with van der Waals surface area (Å²) in [4.78, 5) is 13.6. The van der Waals surface area contributed by atoms with Crippen molar-refractivity contribution in [1.82, 2.24) is 0 Å². The number of isocyanates is 1. The predicted octanol–water partition coefficient (Wildman–Crippen LogP) is 4.51. The van der Waals surface area contributed by atoms with E-state index in [4.69, 9.17) is 0 Å². The SMILES string of the molecule is Cc1cc(C)cc(Cc2cc(C)ccc2/C=C\N=C=O)c1. The third kappa shape index (κ3) is 4.27. The predicted molar refractivity (Wildman–Crippen MR) is 87.1 cm³/mol. The second-order valence-electron chi connectivity index (χ2n) is 5.41. The van der Waals surface area contributed by atoms with Gasteiger partial charge in [0.1, 0.15) is 0 Å². The zero-order valence-corrected chi connectivity index (χ0v) is 12.7. The van der Waals surface area contributed by atoms with Crippen LogP contribution in [0.4, 0.5) is 0 Å². The van der Waals surface area contributed by atoms with E-state index in [0.717, 1.165) is 12.0 Å². The van der Waals surface area contributed by atoms with E-state index in [9.17, 15) is 4.79 Å². The maximum absolute atomic E-state index is 10.2. The van der Waals surface area contributed by atoms with Crippen LogP contribution in [0.15, 0.2) is 47.6 Å². The fourth-order valence-corrected chi connectivity index (χ4v) is 2.59. The summed E-state index contributed by atoms with van der Waals surface area (Å²) < 4.78 is 0. The molecule has 0 N–H and O–H groups in total. The molecule has 0 aliphatic rings. The van der Waals surface area contributed by atoms with Gasteiger partial charge in [0.2, 0.25) is 6.08 Å². The smallest absolute Gasteiger partial charge is 0.211 e. The Balaban J connectivity index is 2.37. The summed E-state index contributed by atoms with van der Waals surface area (Å²) in [6.45, 7) is 6.32. The van der Waals surface area contributed by atoms with Gasteiger partial charge >= 0.3 is 0 Å². The van der Waals surface area contributed by atoms with Gasteiger partial charge in [0, 0.05) is 6.20 Å². The van der Waals surface area contributed by atoms with Crippen LogP contribution in [0.25, 0.3) is 6.08 Å². The van der Waals surface area contributed by atoms with Crippen molar-refractivity contribution in [2.75, 3.05) is 0 Å². The first kappa shape index (κ1) is 15.0. The van der Waals surface area contributed by atoms with E-state index in [2.05, 4.69) is 62.2 Å². The lowest BCUT2D eigenvalue weighted by molar-refractivity contribution is 0.565. The summed E-state index contributed by atoms with van der Waals surface area (Å²) in [6, 6.07) is 12.9. The van der Waals surface area contributed by atoms with Crippen molar-refractivity contribution in [3.8, 4) is 0 Å². The van der Waals surface area contributed by atoms with Crippen molar-refractivity contribution >= 4 is 12.2 Å². The van der Waals surface area contributed by atoms with Crippen molar-refractivity contribution in [2.24, 2.45) is 4.99 Å². The minimum Gasteiger partial charge on any atom is -0.211 e. The number of carbonyl (C=O) groups excluding carboxylic acids is 1. The Labute approximate surface area is 125 Å². The Kier molecular flexibility index (Phi) is 4.86. The van der Waals surface area contributed by atoms with E-state index in [0.29, 0.717) is 0 Å². The van der Waals surface area contributed by atoms with Gasteiger partial charge in [0.05, 0.1) is 0 Å². The Hall–Kier alpha value is -2.44. The number of nitrogens with zero attached hydrogens (tertiary/aromatic N) is 1. The van der Waals surface area contributed by atoms with Crippen LogP contribution in [0.3, 0.4) is 0 Å². The molecule has 2 aromatic rings. The molecule has 2 aromatic carbocycles. The van der Waals surface area contributed by atoms with E-state index in [1.165, 1.54) is 40.1 Å². The highest BCUT2D eigenvalue weighted by molar-refractivity contribution is 5.56. The van der Waals surface area contributed by atoms with E-state index in [-0.39, 0.29) is 0 Å². The fourth-order valence-electron chi connectivity index (χ4n) is 2.59. The molecule has 0 aromatic heterocycles. The molecular formula is C19H19NO. The Morgan fingerprint density at radius 2 is 1.71 bits per heavy atom. The van der Waals surface area contributed by atoms with Crippen LogP contribution in [-0.4, -0.2) is 6.08 Å². The van der Waals surface area contributed by atoms with Crippen LogP contribution in [-0.2, 0) is 11.2 Å². The van der Waals surface area contributed by atoms with Crippen LogP contribution in [0.5, 0.6) is 0 Å². The molecule has 0 saturated carbocycles. The molecule has 0 spiro atoms. The third-order valence-corrected chi connectivity index (χ3v) is 3.36. The summed E-state index contributed by atoms with van der Waals surface area (Å²) in [5.74, 6) is 0. The van der Waals surface area contributed by atoms with Crippen LogP contribution in [0.1, 0.15) is 33.4 Å². The first-order valence-corrected chi connectivity index (χ1v) is 6.99. The maximum Gasteiger partial charge on any atom is 0.239 e. The van der Waals surface area contributed by atoms with Crippen LogP contribution in [0, 0.1) is 20.8 Å². The minimum atomic E-state index is 0.870. The fraction of sp³-hybridized carbons (Fsp3) is 0.211. The zero-order chi connectivity index (χ0) is 15.2. The normalized spacial score (nSPS) is 10.6. The van der Waals surface area contributed by atoms with Crippen molar-refractivity contribution in [3.63, 3.8) is 0 Å². The highest BCUT2D eigenvalue weighted by Gasteiger charge is 2.03. The van der Waals surface area contributed by atoms with Gasteiger partial charge in [-0.25, -0.2) is 4.79 Å². The number of hydrogen-bond acceptors (Lipinski definition) is 2. The average Bonchev–Trinajstić information content (AvgIpc) is 2.40. The zero-order valence-electron chi connectivity index (χ0n) is 12.7. The van der Waals surface area contributed by atoms with Crippen LogP contribution >= 0.6 is 0 Å². The van der Waals surface area contributed by atoms with Gasteiger partial charge in [-0.3, -0.25) is 0 Å². The summed E-state index contributed by atoms with van der Waals surface area (Å²) >= 11 is 0. The number of aryl methyl sites for hydroxylation is 3. The van der Waals surface area contributed by atoms with Gasteiger partial charge in [-0.2, -0.15) is 4.99 Å². The molecule has 0 aliphatic carbocycles. The monoisotopic (exact) mass is 277 g/mol.